The molecule has 0 spiro atoms. The molecule has 2 heterocycles. The minimum absolute atomic E-state index is 0.0340. The van der Waals surface area contributed by atoms with Crippen LogP contribution in [0.5, 0.6) is 11.5 Å². The van der Waals surface area contributed by atoms with Crippen molar-refractivity contribution in [1.82, 2.24) is 21.3 Å². The topological polar surface area (TPSA) is 157 Å². The molecule has 0 bridgehead atoms. The van der Waals surface area contributed by atoms with E-state index in [0.717, 1.165) is 0 Å². The predicted molar refractivity (Wildman–Crippen MR) is 144 cm³/mol. The van der Waals surface area contributed by atoms with Gasteiger partial charge in [0.05, 0.1) is 0 Å². The van der Waals surface area contributed by atoms with Crippen molar-refractivity contribution in [3.05, 3.63) is 131 Å². The summed E-state index contributed by atoms with van der Waals surface area (Å²) in [6.45, 7) is 0. The SMILES string of the molecule is O=C1NC(=O)C(c2ccccc2)(c2cccc(O)c2)N1.O=C1NC(=O)C(c2ccccc2)(c2cccc(O)c2)N1. The van der Waals surface area contributed by atoms with Gasteiger partial charge < -0.3 is 20.8 Å². The Hall–Kier alpha value is -5.64. The van der Waals surface area contributed by atoms with Crippen LogP contribution in [0.15, 0.2) is 109 Å². The number of hydrogen-bond acceptors (Lipinski definition) is 6. The highest BCUT2D eigenvalue weighted by atomic mass is 16.3. The number of rotatable bonds is 4. The van der Waals surface area contributed by atoms with E-state index in [1.807, 2.05) is 12.1 Å². The molecule has 4 aromatic rings. The van der Waals surface area contributed by atoms with E-state index in [1.165, 1.54) is 24.3 Å². The number of urea groups is 2. The Morgan fingerprint density at radius 1 is 0.450 bits per heavy atom. The Labute approximate surface area is 228 Å². The Balaban J connectivity index is 0.000000161. The van der Waals surface area contributed by atoms with E-state index in [9.17, 15) is 29.4 Å². The predicted octanol–water partition coefficient (Wildman–Crippen LogP) is 2.95. The molecule has 10 heteroatoms. The first-order chi connectivity index (χ1) is 19.3. The summed E-state index contributed by atoms with van der Waals surface area (Å²) in [4.78, 5) is 47.9. The number of imide groups is 2. The average Bonchev–Trinajstić information content (AvgIpc) is 3.44. The molecule has 0 radical (unpaired) electrons. The van der Waals surface area contributed by atoms with Crippen LogP contribution in [0, 0.1) is 0 Å². The number of benzene rings is 4. The third-order valence-electron chi connectivity index (χ3n) is 6.71. The summed E-state index contributed by atoms with van der Waals surface area (Å²) in [5, 5.41) is 29.1. The quantitative estimate of drug-likeness (QED) is 0.220. The summed E-state index contributed by atoms with van der Waals surface area (Å²) < 4.78 is 0. The van der Waals surface area contributed by atoms with E-state index >= 15 is 0 Å². The summed E-state index contributed by atoms with van der Waals surface area (Å²) in [6.07, 6.45) is 0. The van der Waals surface area contributed by atoms with Gasteiger partial charge in [-0.05, 0) is 46.5 Å². The fourth-order valence-electron chi connectivity index (χ4n) is 4.91. The van der Waals surface area contributed by atoms with Crippen LogP contribution in [0.2, 0.25) is 0 Å². The van der Waals surface area contributed by atoms with Crippen LogP contribution in [0.3, 0.4) is 0 Å². The molecule has 2 saturated heterocycles. The van der Waals surface area contributed by atoms with Gasteiger partial charge in [-0.1, -0.05) is 84.9 Å². The zero-order valence-electron chi connectivity index (χ0n) is 20.9. The number of carbonyl (C=O) groups is 4. The Bertz CT molecular complexity index is 1490. The number of phenols is 2. The fourth-order valence-corrected chi connectivity index (χ4v) is 4.91. The van der Waals surface area contributed by atoms with E-state index in [0.29, 0.717) is 22.3 Å². The minimum Gasteiger partial charge on any atom is -0.508 e. The van der Waals surface area contributed by atoms with Gasteiger partial charge in [0.15, 0.2) is 11.1 Å². The summed E-state index contributed by atoms with van der Waals surface area (Å²) in [5.74, 6) is -0.850. The van der Waals surface area contributed by atoms with Crippen LogP contribution in [-0.4, -0.2) is 34.1 Å². The van der Waals surface area contributed by atoms with E-state index in [-0.39, 0.29) is 11.5 Å². The van der Waals surface area contributed by atoms with Gasteiger partial charge in [0.1, 0.15) is 11.5 Å². The highest BCUT2D eigenvalue weighted by Crippen LogP contribution is 2.35. The van der Waals surface area contributed by atoms with E-state index in [2.05, 4.69) is 21.3 Å². The van der Waals surface area contributed by atoms with E-state index in [4.69, 9.17) is 0 Å². The molecule has 2 unspecified atom stereocenters. The van der Waals surface area contributed by atoms with Crippen LogP contribution in [0.1, 0.15) is 22.3 Å². The first-order valence-electron chi connectivity index (χ1n) is 12.2. The van der Waals surface area contributed by atoms with Crippen molar-refractivity contribution < 1.29 is 29.4 Å². The van der Waals surface area contributed by atoms with Crippen LogP contribution < -0.4 is 21.3 Å². The maximum absolute atomic E-state index is 12.3. The lowest BCUT2D eigenvalue weighted by Crippen LogP contribution is -2.44. The summed E-state index contributed by atoms with van der Waals surface area (Å²) in [6, 6.07) is 29.4. The monoisotopic (exact) mass is 536 g/mol. The first kappa shape index (κ1) is 26.0. The van der Waals surface area contributed by atoms with Crippen molar-refractivity contribution >= 4 is 23.9 Å². The van der Waals surface area contributed by atoms with Crippen molar-refractivity contribution in [1.29, 1.82) is 0 Å². The second-order valence-corrected chi connectivity index (χ2v) is 9.15. The number of nitrogens with one attached hydrogen (secondary N) is 4. The van der Waals surface area contributed by atoms with Crippen LogP contribution in [0.25, 0.3) is 0 Å². The maximum atomic E-state index is 12.3. The third kappa shape index (κ3) is 4.47. The highest BCUT2D eigenvalue weighted by Gasteiger charge is 2.50. The van der Waals surface area contributed by atoms with Crippen molar-refractivity contribution in [3.8, 4) is 11.5 Å². The molecule has 2 fully saturated rings. The smallest absolute Gasteiger partial charge is 0.322 e. The molecule has 200 valence electrons. The fraction of sp³-hybridized carbons (Fsp3) is 0.0667. The molecular weight excluding hydrogens is 512 g/mol. The molecule has 0 aromatic heterocycles. The molecule has 2 aliphatic rings. The Morgan fingerprint density at radius 2 is 0.800 bits per heavy atom. The average molecular weight is 537 g/mol. The molecule has 6 amide bonds. The van der Waals surface area contributed by atoms with Gasteiger partial charge in [-0.15, -0.1) is 0 Å². The molecule has 4 aromatic carbocycles. The van der Waals surface area contributed by atoms with Crippen LogP contribution >= 0.6 is 0 Å². The van der Waals surface area contributed by atoms with Crippen LogP contribution in [-0.2, 0) is 20.7 Å². The third-order valence-corrected chi connectivity index (χ3v) is 6.71. The lowest BCUT2D eigenvalue weighted by molar-refractivity contribution is -0.123. The molecule has 0 saturated carbocycles. The number of phenolic OH excluding ortho intramolecular Hbond substituents is 2. The second-order valence-electron chi connectivity index (χ2n) is 9.15. The van der Waals surface area contributed by atoms with E-state index in [1.54, 1.807) is 72.8 Å². The second kappa shape index (κ2) is 10.3. The van der Waals surface area contributed by atoms with Gasteiger partial charge >= 0.3 is 12.1 Å². The van der Waals surface area contributed by atoms with Crippen molar-refractivity contribution in [2.45, 2.75) is 11.1 Å². The molecule has 10 nitrogen and oxygen atoms in total. The number of amides is 6. The number of hydrogen-bond donors (Lipinski definition) is 6. The molecule has 2 aliphatic heterocycles. The normalized spacial score (nSPS) is 21.4. The van der Waals surface area contributed by atoms with Gasteiger partial charge in [0.2, 0.25) is 0 Å². The molecule has 0 aliphatic carbocycles. The van der Waals surface area contributed by atoms with Gasteiger partial charge in [0, 0.05) is 0 Å². The summed E-state index contributed by atoms with van der Waals surface area (Å²) in [7, 11) is 0. The summed E-state index contributed by atoms with van der Waals surface area (Å²) >= 11 is 0. The molecule has 2 atom stereocenters. The Kier molecular flexibility index (Phi) is 6.66. The number of carbonyl (C=O) groups excluding carboxylic acids is 4. The van der Waals surface area contributed by atoms with E-state index < -0.39 is 35.0 Å². The highest BCUT2D eigenvalue weighted by molar-refractivity contribution is 6.10. The standard InChI is InChI=1S/2C15H12N2O3/c2*18-12-8-4-7-11(9-12)15(10-5-2-1-3-6-10)13(19)16-14(20)17-15/h2*1-9,18H,(H2,16,17,19,20). The van der Waals surface area contributed by atoms with Gasteiger partial charge in [-0.2, -0.15) is 0 Å². The van der Waals surface area contributed by atoms with Gasteiger partial charge in [-0.25, -0.2) is 9.59 Å². The Morgan fingerprint density at radius 3 is 1.10 bits per heavy atom. The summed E-state index contributed by atoms with van der Waals surface area (Å²) in [5.41, 5.74) is -0.337. The zero-order chi connectivity index (χ0) is 28.3. The van der Waals surface area contributed by atoms with Crippen molar-refractivity contribution in [2.24, 2.45) is 0 Å². The molecule has 40 heavy (non-hydrogen) atoms. The lowest BCUT2D eigenvalue weighted by atomic mass is 9.83. The number of aromatic hydroxyl groups is 2. The lowest BCUT2D eigenvalue weighted by Gasteiger charge is -2.27. The van der Waals surface area contributed by atoms with Crippen LogP contribution in [0.4, 0.5) is 9.59 Å². The van der Waals surface area contributed by atoms with Gasteiger partial charge in [-0.3, -0.25) is 20.2 Å². The molecule has 6 N–H and O–H groups in total. The van der Waals surface area contributed by atoms with Gasteiger partial charge in [0.25, 0.3) is 11.8 Å². The molecule has 6 rings (SSSR count). The zero-order valence-corrected chi connectivity index (χ0v) is 20.9. The minimum atomic E-state index is -1.31. The van der Waals surface area contributed by atoms with Crippen molar-refractivity contribution in [2.75, 3.05) is 0 Å². The molecular formula is C30H24N4O6. The maximum Gasteiger partial charge on any atom is 0.322 e. The van der Waals surface area contributed by atoms with Crippen molar-refractivity contribution in [3.63, 3.8) is 0 Å². The largest absolute Gasteiger partial charge is 0.508 e. The first-order valence-corrected chi connectivity index (χ1v) is 12.2.